The number of amides is 2. The predicted molar refractivity (Wildman–Crippen MR) is 86.7 cm³/mol. The highest BCUT2D eigenvalue weighted by Gasteiger charge is 2.48. The summed E-state index contributed by atoms with van der Waals surface area (Å²) < 4.78 is 0. The van der Waals surface area contributed by atoms with Gasteiger partial charge in [0.15, 0.2) is 0 Å². The van der Waals surface area contributed by atoms with E-state index in [2.05, 4.69) is 5.32 Å². The number of hydrogen-bond acceptors (Lipinski definition) is 5. The first kappa shape index (κ1) is 16.5. The molecule has 0 saturated carbocycles. The lowest BCUT2D eigenvalue weighted by molar-refractivity contribution is -0.146. The molecule has 0 radical (unpaired) electrons. The molecule has 2 aliphatic rings. The average Bonchev–Trinajstić information content (AvgIpc) is 2.54. The first-order chi connectivity index (χ1) is 11.5. The highest BCUT2D eigenvalue weighted by Crippen LogP contribution is 2.42. The van der Waals surface area contributed by atoms with Crippen molar-refractivity contribution in [3.8, 4) is 0 Å². The fourth-order valence-electron chi connectivity index (χ4n) is 2.78. The van der Waals surface area contributed by atoms with E-state index in [1.54, 1.807) is 0 Å². The van der Waals surface area contributed by atoms with Gasteiger partial charge in [0.1, 0.15) is 11.1 Å². The second kappa shape index (κ2) is 6.66. The van der Waals surface area contributed by atoms with E-state index in [0.29, 0.717) is 0 Å². The molecule has 3 rings (SSSR count). The van der Waals surface area contributed by atoms with Gasteiger partial charge >= 0.3 is 5.97 Å². The van der Waals surface area contributed by atoms with E-state index in [4.69, 9.17) is 0 Å². The Labute approximate surface area is 142 Å². The molecule has 2 aliphatic heterocycles. The maximum Gasteiger partial charge on any atom is 0.352 e. The number of nitrogens with zero attached hydrogens (tertiary/aromatic N) is 1. The molecule has 0 aromatic heterocycles. The topological polar surface area (TPSA) is 107 Å². The monoisotopic (exact) mass is 348 g/mol. The van der Waals surface area contributed by atoms with Gasteiger partial charge in [-0.05, 0) is 5.56 Å². The van der Waals surface area contributed by atoms with Gasteiger partial charge in [0, 0.05) is 5.57 Å². The highest BCUT2D eigenvalue weighted by molar-refractivity contribution is 8.00. The highest BCUT2D eigenvalue weighted by atomic mass is 32.2. The smallest absolute Gasteiger partial charge is 0.352 e. The zero-order valence-electron chi connectivity index (χ0n) is 12.6. The Balaban J connectivity index is 1.79. The number of carbonyl (C=O) groups is 3. The number of thioether (sulfide) groups is 1. The van der Waals surface area contributed by atoms with Crippen LogP contribution in [0.25, 0.3) is 0 Å². The first-order valence-electron chi connectivity index (χ1n) is 7.39. The maximum absolute atomic E-state index is 12.2. The SMILES string of the molecule is O=C(Cc1ccccc1)NC1S[C@@H]2CC(=O)N2C(C(=O)O)=C1CO. The molecule has 0 bridgehead atoms. The van der Waals surface area contributed by atoms with Gasteiger partial charge in [0.25, 0.3) is 0 Å². The average molecular weight is 348 g/mol. The third kappa shape index (κ3) is 3.02. The summed E-state index contributed by atoms with van der Waals surface area (Å²) in [7, 11) is 0. The van der Waals surface area contributed by atoms with Crippen LogP contribution in [0.5, 0.6) is 0 Å². The normalized spacial score (nSPS) is 22.7. The Morgan fingerprint density at radius 3 is 2.58 bits per heavy atom. The summed E-state index contributed by atoms with van der Waals surface area (Å²) in [6, 6.07) is 9.16. The van der Waals surface area contributed by atoms with Crippen LogP contribution in [0.1, 0.15) is 12.0 Å². The number of nitrogens with one attached hydrogen (secondary N) is 1. The maximum atomic E-state index is 12.2. The van der Waals surface area contributed by atoms with E-state index < -0.39 is 18.0 Å². The Kier molecular flexibility index (Phi) is 4.59. The minimum Gasteiger partial charge on any atom is -0.477 e. The largest absolute Gasteiger partial charge is 0.477 e. The van der Waals surface area contributed by atoms with E-state index in [9.17, 15) is 24.6 Å². The number of aliphatic carboxylic acids is 1. The van der Waals surface area contributed by atoms with Crippen LogP contribution in [-0.2, 0) is 20.8 Å². The number of benzene rings is 1. The molecule has 2 atom stereocenters. The summed E-state index contributed by atoms with van der Waals surface area (Å²) in [4.78, 5) is 36.6. The second-order valence-electron chi connectivity index (χ2n) is 5.51. The van der Waals surface area contributed by atoms with Crippen molar-refractivity contribution in [2.75, 3.05) is 6.61 Å². The van der Waals surface area contributed by atoms with Crippen molar-refractivity contribution < 1.29 is 24.6 Å². The van der Waals surface area contributed by atoms with E-state index >= 15 is 0 Å². The number of β-lactam (4-membered cyclic amide) rings is 1. The van der Waals surface area contributed by atoms with Crippen molar-refractivity contribution in [1.82, 2.24) is 10.2 Å². The van der Waals surface area contributed by atoms with Gasteiger partial charge in [0.05, 0.1) is 24.8 Å². The standard InChI is InChI=1S/C16H16N2O5S/c19-8-10-14(16(22)23)18-12(21)7-13(18)24-15(10)17-11(20)6-9-4-2-1-3-5-9/h1-5,13,15,19H,6-8H2,(H,17,20)(H,22,23)/t13-,15?/m1/s1. The van der Waals surface area contributed by atoms with Gasteiger partial charge in [-0.2, -0.15) is 0 Å². The summed E-state index contributed by atoms with van der Waals surface area (Å²) in [6.45, 7) is -0.540. The number of carboxylic acid groups (broad SMARTS) is 1. The van der Waals surface area contributed by atoms with Crippen LogP contribution in [0.15, 0.2) is 41.6 Å². The van der Waals surface area contributed by atoms with Gasteiger partial charge < -0.3 is 15.5 Å². The van der Waals surface area contributed by atoms with E-state index in [1.165, 1.54) is 16.7 Å². The lowest BCUT2D eigenvalue weighted by Crippen LogP contribution is -2.57. The molecule has 8 heteroatoms. The summed E-state index contributed by atoms with van der Waals surface area (Å²) >= 11 is 1.27. The number of aliphatic hydroxyl groups excluding tert-OH is 1. The Bertz CT molecular complexity index is 718. The summed E-state index contributed by atoms with van der Waals surface area (Å²) in [5.41, 5.74) is 0.755. The molecule has 2 amide bonds. The second-order valence-corrected chi connectivity index (χ2v) is 6.79. The lowest BCUT2D eigenvalue weighted by atomic mass is 10.1. The van der Waals surface area contributed by atoms with Crippen LogP contribution < -0.4 is 5.32 Å². The summed E-state index contributed by atoms with van der Waals surface area (Å²) in [6.07, 6.45) is 0.386. The van der Waals surface area contributed by atoms with E-state index in [0.717, 1.165) is 5.56 Å². The number of rotatable bonds is 5. The number of carbonyl (C=O) groups excluding carboxylic acids is 2. The molecule has 3 N–H and O–H groups in total. The molecule has 1 fully saturated rings. The zero-order chi connectivity index (χ0) is 17.3. The van der Waals surface area contributed by atoms with Crippen LogP contribution in [0.3, 0.4) is 0 Å². The number of aliphatic hydroxyl groups is 1. The minimum absolute atomic E-state index is 0.137. The lowest BCUT2D eigenvalue weighted by Gasteiger charge is -2.46. The first-order valence-corrected chi connectivity index (χ1v) is 8.33. The van der Waals surface area contributed by atoms with Crippen LogP contribution in [0.2, 0.25) is 0 Å². The summed E-state index contributed by atoms with van der Waals surface area (Å²) in [5, 5.41) is 20.7. The Morgan fingerprint density at radius 2 is 2.00 bits per heavy atom. The fraction of sp³-hybridized carbons (Fsp3) is 0.312. The van der Waals surface area contributed by atoms with Crippen LogP contribution in [-0.4, -0.2) is 50.3 Å². The van der Waals surface area contributed by atoms with E-state index in [1.807, 2.05) is 30.3 Å². The minimum atomic E-state index is -1.28. The van der Waals surface area contributed by atoms with Crippen LogP contribution in [0, 0.1) is 0 Å². The van der Waals surface area contributed by atoms with Gasteiger partial charge in [-0.25, -0.2) is 4.79 Å². The van der Waals surface area contributed by atoms with Crippen molar-refractivity contribution in [1.29, 1.82) is 0 Å². The molecule has 0 spiro atoms. The molecule has 1 unspecified atom stereocenters. The molecule has 1 aromatic carbocycles. The van der Waals surface area contributed by atoms with Gasteiger partial charge in [-0.3, -0.25) is 14.5 Å². The van der Waals surface area contributed by atoms with Gasteiger partial charge in [0.2, 0.25) is 11.8 Å². The zero-order valence-corrected chi connectivity index (χ0v) is 13.5. The Morgan fingerprint density at radius 1 is 1.29 bits per heavy atom. The predicted octanol–water partition coefficient (Wildman–Crippen LogP) is 0.308. The van der Waals surface area contributed by atoms with Crippen molar-refractivity contribution in [3.63, 3.8) is 0 Å². The van der Waals surface area contributed by atoms with Gasteiger partial charge in [-0.15, -0.1) is 11.8 Å². The number of carboxylic acids is 1. The van der Waals surface area contributed by atoms with Crippen molar-refractivity contribution in [2.24, 2.45) is 0 Å². The summed E-state index contributed by atoms with van der Waals surface area (Å²) in [5.74, 6) is -1.84. The molecule has 2 heterocycles. The van der Waals surface area contributed by atoms with E-state index in [-0.39, 0.29) is 41.3 Å². The Hall–Kier alpha value is -2.32. The van der Waals surface area contributed by atoms with Gasteiger partial charge in [-0.1, -0.05) is 30.3 Å². The molecule has 126 valence electrons. The van der Waals surface area contributed by atoms with Crippen molar-refractivity contribution >= 4 is 29.5 Å². The molecule has 24 heavy (non-hydrogen) atoms. The molecule has 0 aliphatic carbocycles. The third-order valence-corrected chi connectivity index (χ3v) is 5.30. The quantitative estimate of drug-likeness (QED) is 0.661. The van der Waals surface area contributed by atoms with Crippen molar-refractivity contribution in [3.05, 3.63) is 47.2 Å². The molecule has 1 aromatic rings. The van der Waals surface area contributed by atoms with Crippen LogP contribution >= 0.6 is 11.8 Å². The molecule has 7 nitrogen and oxygen atoms in total. The fourth-order valence-corrected chi connectivity index (χ4v) is 4.23. The number of hydrogen-bond donors (Lipinski definition) is 3. The van der Waals surface area contributed by atoms with Crippen LogP contribution in [0.4, 0.5) is 0 Å². The molecular weight excluding hydrogens is 332 g/mol. The third-order valence-electron chi connectivity index (χ3n) is 3.93. The molecule has 1 saturated heterocycles. The molecular formula is C16H16N2O5S. The van der Waals surface area contributed by atoms with Crippen molar-refractivity contribution in [2.45, 2.75) is 23.6 Å². The number of fused-ring (bicyclic) bond motifs is 1.